The number of H-pyrrole nitrogens is 1. The molecule has 2 heterocycles. The van der Waals surface area contributed by atoms with Gasteiger partial charge in [0, 0.05) is 24.7 Å². The Morgan fingerprint density at radius 1 is 1.08 bits per heavy atom. The second kappa shape index (κ2) is 9.52. The number of sulfonamides is 2. The number of nitrogens with one attached hydrogen (secondary N) is 3. The number of rotatable bonds is 6. The number of carbonyl (C=O) groups is 1. The van der Waals surface area contributed by atoms with E-state index >= 15 is 0 Å². The van der Waals surface area contributed by atoms with Crippen molar-refractivity contribution in [2.24, 2.45) is 0 Å². The number of aromatic nitrogens is 1. The van der Waals surface area contributed by atoms with Crippen molar-refractivity contribution in [2.45, 2.75) is 50.4 Å². The number of aromatic amines is 1. The standard InChI is InChI=1S/C25H29N5O6S2/c1-15-6-8-19(28-37(32,33)18-13-30(14-18)24(31)36-25(3,4)5)21(10-15)38(34,35)29-20-9-7-16(2)22-17(11-26)12-27-23(20)22/h6-10,12,18,27-29H,13-14H2,1-5H3. The maximum absolute atomic E-state index is 13.5. The summed E-state index contributed by atoms with van der Waals surface area (Å²) in [6.07, 6.45) is 0.890. The molecule has 0 unspecified atom stereocenters. The van der Waals surface area contributed by atoms with Crippen LogP contribution in [0.3, 0.4) is 0 Å². The number of nitriles is 1. The molecule has 0 bridgehead atoms. The average molecular weight is 560 g/mol. The predicted molar refractivity (Wildman–Crippen MR) is 144 cm³/mol. The van der Waals surface area contributed by atoms with Gasteiger partial charge < -0.3 is 14.6 Å². The van der Waals surface area contributed by atoms with Gasteiger partial charge >= 0.3 is 6.09 Å². The van der Waals surface area contributed by atoms with Gasteiger partial charge in [0.25, 0.3) is 10.0 Å². The highest BCUT2D eigenvalue weighted by atomic mass is 32.2. The first-order valence-electron chi connectivity index (χ1n) is 11.7. The maximum atomic E-state index is 13.5. The van der Waals surface area contributed by atoms with Crippen molar-refractivity contribution in [3.05, 3.63) is 53.2 Å². The summed E-state index contributed by atoms with van der Waals surface area (Å²) in [7, 11) is -8.29. The number of nitrogens with zero attached hydrogens (tertiary/aromatic N) is 2. The third-order valence-corrected chi connectivity index (χ3v) is 9.11. The number of ether oxygens (including phenoxy) is 1. The molecular formula is C25H29N5O6S2. The molecule has 3 aromatic rings. The predicted octanol–water partition coefficient (Wildman–Crippen LogP) is 3.82. The number of fused-ring (bicyclic) bond motifs is 1. The van der Waals surface area contributed by atoms with E-state index in [9.17, 15) is 26.9 Å². The minimum atomic E-state index is -4.26. The van der Waals surface area contributed by atoms with E-state index in [1.54, 1.807) is 45.9 Å². The van der Waals surface area contributed by atoms with E-state index in [1.807, 2.05) is 6.92 Å². The molecule has 13 heteroatoms. The zero-order valence-corrected chi connectivity index (χ0v) is 23.2. The van der Waals surface area contributed by atoms with Gasteiger partial charge in [0.15, 0.2) is 0 Å². The van der Waals surface area contributed by atoms with Crippen molar-refractivity contribution >= 4 is 48.4 Å². The first-order valence-corrected chi connectivity index (χ1v) is 14.8. The van der Waals surface area contributed by atoms with E-state index < -0.39 is 37.0 Å². The molecule has 2 aromatic carbocycles. The fraction of sp³-hybridized carbons (Fsp3) is 0.360. The second-order valence-corrected chi connectivity index (χ2v) is 13.9. The van der Waals surface area contributed by atoms with Gasteiger partial charge in [-0.3, -0.25) is 9.44 Å². The van der Waals surface area contributed by atoms with Crippen LogP contribution in [0, 0.1) is 25.2 Å². The molecule has 202 valence electrons. The molecule has 1 saturated heterocycles. The molecule has 3 N–H and O–H groups in total. The topological polar surface area (TPSA) is 161 Å². The Balaban J connectivity index is 1.59. The zero-order valence-electron chi connectivity index (χ0n) is 21.6. The van der Waals surface area contributed by atoms with E-state index in [0.29, 0.717) is 22.0 Å². The van der Waals surface area contributed by atoms with Gasteiger partial charge in [-0.05, 0) is 63.9 Å². The fourth-order valence-electron chi connectivity index (χ4n) is 4.08. The number of likely N-dealkylation sites (tertiary alicyclic amines) is 1. The third kappa shape index (κ3) is 5.41. The molecule has 1 aliphatic heterocycles. The van der Waals surface area contributed by atoms with Crippen molar-refractivity contribution in [1.82, 2.24) is 9.88 Å². The van der Waals surface area contributed by atoms with Crippen LogP contribution in [-0.2, 0) is 24.8 Å². The quantitative estimate of drug-likeness (QED) is 0.414. The van der Waals surface area contributed by atoms with E-state index in [-0.39, 0.29) is 29.4 Å². The molecule has 4 rings (SSSR count). The number of benzene rings is 2. The lowest BCUT2D eigenvalue weighted by Gasteiger charge is -2.39. The summed E-state index contributed by atoms with van der Waals surface area (Å²) in [5.74, 6) is 0. The highest BCUT2D eigenvalue weighted by Crippen LogP contribution is 2.32. The van der Waals surface area contributed by atoms with E-state index in [2.05, 4.69) is 20.5 Å². The van der Waals surface area contributed by atoms with Gasteiger partial charge in [-0.2, -0.15) is 5.26 Å². The smallest absolute Gasteiger partial charge is 0.410 e. The Hall–Kier alpha value is -3.76. The summed E-state index contributed by atoms with van der Waals surface area (Å²) < 4.78 is 63.3. The lowest BCUT2D eigenvalue weighted by atomic mass is 10.1. The molecule has 1 aliphatic rings. The van der Waals surface area contributed by atoms with Gasteiger partial charge in [0.1, 0.15) is 21.8 Å². The van der Waals surface area contributed by atoms with Crippen LogP contribution < -0.4 is 9.44 Å². The molecule has 0 atom stereocenters. The molecule has 38 heavy (non-hydrogen) atoms. The summed E-state index contributed by atoms with van der Waals surface area (Å²) >= 11 is 0. The Kier molecular flexibility index (Phi) is 6.83. The number of anilines is 2. The molecule has 1 aromatic heterocycles. The van der Waals surface area contributed by atoms with Crippen molar-refractivity contribution < 1.29 is 26.4 Å². The second-order valence-electron chi connectivity index (χ2n) is 10.3. The van der Waals surface area contributed by atoms with Gasteiger partial charge in [0.05, 0.1) is 22.5 Å². The highest BCUT2D eigenvalue weighted by molar-refractivity contribution is 7.94. The van der Waals surface area contributed by atoms with Crippen LogP contribution in [0.2, 0.25) is 0 Å². The largest absolute Gasteiger partial charge is 0.444 e. The van der Waals surface area contributed by atoms with Crippen LogP contribution in [0.25, 0.3) is 10.9 Å². The zero-order chi connectivity index (χ0) is 28.0. The molecule has 0 radical (unpaired) electrons. The Bertz CT molecular complexity index is 1680. The number of amides is 1. The van der Waals surface area contributed by atoms with E-state index in [1.165, 1.54) is 23.2 Å². The summed E-state index contributed by atoms with van der Waals surface area (Å²) in [5, 5.41) is 9.05. The molecule has 1 amide bonds. The van der Waals surface area contributed by atoms with Crippen LogP contribution in [0.4, 0.5) is 16.2 Å². The average Bonchev–Trinajstić information content (AvgIpc) is 3.19. The molecule has 11 nitrogen and oxygen atoms in total. The van der Waals surface area contributed by atoms with Crippen molar-refractivity contribution in [2.75, 3.05) is 22.5 Å². The van der Waals surface area contributed by atoms with Crippen LogP contribution in [0.1, 0.15) is 37.5 Å². The van der Waals surface area contributed by atoms with Crippen molar-refractivity contribution in [1.29, 1.82) is 5.26 Å². The lowest BCUT2D eigenvalue weighted by molar-refractivity contribution is 0.0139. The van der Waals surface area contributed by atoms with Crippen molar-refractivity contribution in [3.63, 3.8) is 0 Å². The molecule has 0 spiro atoms. The van der Waals surface area contributed by atoms with Gasteiger partial charge in [-0.25, -0.2) is 21.6 Å². The minimum Gasteiger partial charge on any atom is -0.444 e. The Labute approximate surface area is 221 Å². The lowest BCUT2D eigenvalue weighted by Crippen LogP contribution is -2.58. The monoisotopic (exact) mass is 559 g/mol. The molecule has 1 fully saturated rings. The summed E-state index contributed by atoms with van der Waals surface area (Å²) in [6, 6.07) is 9.71. The number of hydrogen-bond donors (Lipinski definition) is 3. The van der Waals surface area contributed by atoms with Crippen molar-refractivity contribution in [3.8, 4) is 6.07 Å². The molecular weight excluding hydrogens is 530 g/mol. The van der Waals surface area contributed by atoms with E-state index in [4.69, 9.17) is 4.74 Å². The van der Waals surface area contributed by atoms with Gasteiger partial charge in [-0.15, -0.1) is 0 Å². The maximum Gasteiger partial charge on any atom is 0.410 e. The summed E-state index contributed by atoms with van der Waals surface area (Å²) in [4.78, 5) is 16.1. The molecule has 0 saturated carbocycles. The number of hydrogen-bond acceptors (Lipinski definition) is 7. The minimum absolute atomic E-state index is 0.0775. The molecule has 0 aliphatic carbocycles. The summed E-state index contributed by atoms with van der Waals surface area (Å²) in [6.45, 7) is 8.50. The van der Waals surface area contributed by atoms with Gasteiger partial charge in [-0.1, -0.05) is 12.1 Å². The highest BCUT2D eigenvalue weighted by Gasteiger charge is 2.42. The van der Waals surface area contributed by atoms with Crippen LogP contribution in [0.5, 0.6) is 0 Å². The number of carbonyl (C=O) groups excluding carboxylic acids is 1. The third-order valence-electron chi connectivity index (χ3n) is 6.03. The van der Waals surface area contributed by atoms with Crippen LogP contribution >= 0.6 is 0 Å². The SMILES string of the molecule is Cc1ccc(NS(=O)(=O)C2CN(C(=O)OC(C)(C)C)C2)c(S(=O)(=O)Nc2ccc(C)c3c(C#N)c[nH]c23)c1. The normalized spacial score (nSPS) is 14.6. The number of aryl methyl sites for hydroxylation is 2. The Morgan fingerprint density at radius 2 is 1.74 bits per heavy atom. The van der Waals surface area contributed by atoms with Crippen LogP contribution in [0.15, 0.2) is 41.4 Å². The Morgan fingerprint density at radius 3 is 2.37 bits per heavy atom. The first kappa shape index (κ1) is 27.3. The van der Waals surface area contributed by atoms with Gasteiger partial charge in [0.2, 0.25) is 10.0 Å². The van der Waals surface area contributed by atoms with E-state index in [0.717, 1.165) is 5.56 Å². The fourth-order valence-corrected chi connectivity index (χ4v) is 6.86. The van der Waals surface area contributed by atoms with Crippen LogP contribution in [-0.4, -0.2) is 56.8 Å². The first-order chi connectivity index (χ1) is 17.6. The summed E-state index contributed by atoms with van der Waals surface area (Å²) in [5.41, 5.74) is 1.61.